The highest BCUT2D eigenvalue weighted by molar-refractivity contribution is 5.61. The van der Waals surface area contributed by atoms with E-state index in [0.717, 1.165) is 6.42 Å². The molecule has 93 valence electrons. The largest absolute Gasteiger partial charge is 0.394 e. The lowest BCUT2D eigenvalue weighted by atomic mass is 10.0. The van der Waals surface area contributed by atoms with E-state index in [2.05, 4.69) is 11.4 Å². The van der Waals surface area contributed by atoms with Gasteiger partial charge >= 0.3 is 0 Å². The van der Waals surface area contributed by atoms with E-state index in [1.807, 2.05) is 13.8 Å². The van der Waals surface area contributed by atoms with E-state index in [0.29, 0.717) is 11.6 Å². The zero-order valence-electron chi connectivity index (χ0n) is 10.0. The van der Waals surface area contributed by atoms with E-state index in [4.69, 9.17) is 0 Å². The van der Waals surface area contributed by atoms with Gasteiger partial charge in [-0.05, 0) is 24.5 Å². The molecule has 0 aromatic heterocycles. The van der Waals surface area contributed by atoms with Crippen molar-refractivity contribution in [2.45, 2.75) is 26.3 Å². The first-order chi connectivity index (χ1) is 8.04. The molecule has 0 heterocycles. The summed E-state index contributed by atoms with van der Waals surface area (Å²) in [4.78, 5) is 10.3. The third-order valence-corrected chi connectivity index (χ3v) is 2.37. The smallest absolute Gasteiger partial charge is 0.292 e. The van der Waals surface area contributed by atoms with Crippen LogP contribution in [0.4, 0.5) is 11.4 Å². The van der Waals surface area contributed by atoms with Crippen molar-refractivity contribution in [3.8, 4) is 0 Å². The number of aliphatic hydroxyl groups excluding tert-OH is 1. The zero-order valence-corrected chi connectivity index (χ0v) is 10.0. The summed E-state index contributed by atoms with van der Waals surface area (Å²) >= 11 is 0. The molecule has 5 heteroatoms. The minimum absolute atomic E-state index is 0.0188. The second-order valence-corrected chi connectivity index (χ2v) is 4.35. The molecule has 1 radical (unpaired) electrons. The SMILES string of the molecule is CC(C)CC(CO)Nc1cc[c]cc1[N+](=O)[O-]. The fourth-order valence-electron chi connectivity index (χ4n) is 1.66. The van der Waals surface area contributed by atoms with Crippen LogP contribution in [0, 0.1) is 22.1 Å². The summed E-state index contributed by atoms with van der Waals surface area (Å²) in [5, 5.41) is 23.0. The standard InChI is InChI=1S/C12H17N2O3/c1-9(2)7-10(8-15)13-11-5-3-4-6-12(11)14(16)17/h3,5-6,9-10,13,15H,7-8H2,1-2H3. The first-order valence-electron chi connectivity index (χ1n) is 5.56. The van der Waals surface area contributed by atoms with E-state index in [-0.39, 0.29) is 18.3 Å². The number of nitrogens with one attached hydrogen (secondary N) is 1. The Morgan fingerprint density at radius 1 is 1.59 bits per heavy atom. The molecule has 2 N–H and O–H groups in total. The van der Waals surface area contributed by atoms with Crippen molar-refractivity contribution in [1.82, 2.24) is 0 Å². The number of nitro groups is 1. The minimum atomic E-state index is -0.456. The fraction of sp³-hybridized carbons (Fsp3) is 0.500. The molecule has 1 aromatic carbocycles. The van der Waals surface area contributed by atoms with Crippen LogP contribution >= 0.6 is 0 Å². The number of anilines is 1. The first-order valence-corrected chi connectivity index (χ1v) is 5.56. The van der Waals surface area contributed by atoms with Gasteiger partial charge in [0.2, 0.25) is 0 Å². The molecular weight excluding hydrogens is 220 g/mol. The second-order valence-electron chi connectivity index (χ2n) is 4.35. The first kappa shape index (κ1) is 13.4. The van der Waals surface area contributed by atoms with Crippen LogP contribution in [0.3, 0.4) is 0 Å². The highest BCUT2D eigenvalue weighted by Crippen LogP contribution is 2.24. The number of nitrogens with zero attached hydrogens (tertiary/aromatic N) is 1. The molecule has 0 amide bonds. The van der Waals surface area contributed by atoms with Gasteiger partial charge in [0.05, 0.1) is 11.5 Å². The van der Waals surface area contributed by atoms with Gasteiger partial charge in [-0.15, -0.1) is 0 Å². The highest BCUT2D eigenvalue weighted by atomic mass is 16.6. The van der Waals surface area contributed by atoms with Crippen LogP contribution < -0.4 is 5.32 Å². The molecule has 0 aliphatic rings. The van der Waals surface area contributed by atoms with Gasteiger partial charge in [-0.3, -0.25) is 10.1 Å². The van der Waals surface area contributed by atoms with Crippen LogP contribution in [-0.2, 0) is 0 Å². The summed E-state index contributed by atoms with van der Waals surface area (Å²) in [6.45, 7) is 4.03. The van der Waals surface area contributed by atoms with Crippen molar-refractivity contribution >= 4 is 11.4 Å². The summed E-state index contributed by atoms with van der Waals surface area (Å²) in [6, 6.07) is 7.03. The Balaban J connectivity index is 2.82. The number of hydrogen-bond acceptors (Lipinski definition) is 4. The molecule has 5 nitrogen and oxygen atoms in total. The summed E-state index contributed by atoms with van der Waals surface area (Å²) in [5.41, 5.74) is 0.406. The Morgan fingerprint density at radius 2 is 2.29 bits per heavy atom. The van der Waals surface area contributed by atoms with Crippen molar-refractivity contribution in [3.63, 3.8) is 0 Å². The Bertz CT molecular complexity index is 380. The fourth-order valence-corrected chi connectivity index (χ4v) is 1.66. The minimum Gasteiger partial charge on any atom is -0.394 e. The van der Waals surface area contributed by atoms with Gasteiger partial charge in [0, 0.05) is 12.1 Å². The normalized spacial score (nSPS) is 12.5. The van der Waals surface area contributed by atoms with Gasteiger partial charge in [-0.1, -0.05) is 19.9 Å². The van der Waals surface area contributed by atoms with E-state index < -0.39 is 4.92 Å². The van der Waals surface area contributed by atoms with E-state index in [1.54, 1.807) is 12.1 Å². The average Bonchev–Trinajstić information content (AvgIpc) is 2.28. The van der Waals surface area contributed by atoms with Gasteiger partial charge in [0.15, 0.2) is 0 Å². The molecule has 0 aliphatic heterocycles. The molecule has 1 aromatic rings. The van der Waals surface area contributed by atoms with Crippen molar-refractivity contribution in [1.29, 1.82) is 0 Å². The van der Waals surface area contributed by atoms with Crippen molar-refractivity contribution in [2.24, 2.45) is 5.92 Å². The van der Waals surface area contributed by atoms with Crippen LogP contribution in [0.5, 0.6) is 0 Å². The average molecular weight is 237 g/mol. The van der Waals surface area contributed by atoms with E-state index in [1.165, 1.54) is 6.07 Å². The Hall–Kier alpha value is -1.62. The van der Waals surface area contributed by atoms with Crippen molar-refractivity contribution in [2.75, 3.05) is 11.9 Å². The van der Waals surface area contributed by atoms with E-state index in [9.17, 15) is 15.2 Å². The molecule has 0 fully saturated rings. The van der Waals surface area contributed by atoms with Gasteiger partial charge in [-0.25, -0.2) is 0 Å². The lowest BCUT2D eigenvalue weighted by Gasteiger charge is -2.19. The third-order valence-electron chi connectivity index (χ3n) is 2.37. The lowest BCUT2D eigenvalue weighted by Crippen LogP contribution is -2.25. The molecule has 0 saturated carbocycles. The Morgan fingerprint density at radius 3 is 2.82 bits per heavy atom. The van der Waals surface area contributed by atoms with Crippen molar-refractivity contribution in [3.05, 3.63) is 34.4 Å². The van der Waals surface area contributed by atoms with Crippen LogP contribution in [0.25, 0.3) is 0 Å². The Kier molecular flexibility index (Phi) is 4.90. The number of rotatable bonds is 6. The number of aliphatic hydroxyl groups is 1. The molecule has 0 bridgehead atoms. The van der Waals surface area contributed by atoms with Crippen LogP contribution in [0.1, 0.15) is 20.3 Å². The maximum Gasteiger partial charge on any atom is 0.292 e. The van der Waals surface area contributed by atoms with Crippen LogP contribution in [0.2, 0.25) is 0 Å². The topological polar surface area (TPSA) is 75.4 Å². The molecule has 0 aliphatic carbocycles. The molecule has 1 rings (SSSR count). The van der Waals surface area contributed by atoms with Gasteiger partial charge < -0.3 is 10.4 Å². The quantitative estimate of drug-likeness (QED) is 0.587. The number of hydrogen-bond donors (Lipinski definition) is 2. The highest BCUT2D eigenvalue weighted by Gasteiger charge is 2.16. The summed E-state index contributed by atoms with van der Waals surface area (Å²) in [7, 11) is 0. The number of benzene rings is 1. The lowest BCUT2D eigenvalue weighted by molar-refractivity contribution is -0.384. The third kappa shape index (κ3) is 4.03. The molecular formula is C12H17N2O3. The predicted molar refractivity (Wildman–Crippen MR) is 65.9 cm³/mol. The maximum absolute atomic E-state index is 10.8. The molecule has 17 heavy (non-hydrogen) atoms. The van der Waals surface area contributed by atoms with E-state index >= 15 is 0 Å². The Labute approximate surface area is 101 Å². The van der Waals surface area contributed by atoms with Gasteiger partial charge in [0.25, 0.3) is 5.69 Å². The van der Waals surface area contributed by atoms with Crippen LogP contribution in [-0.4, -0.2) is 22.7 Å². The maximum atomic E-state index is 10.8. The number of nitro benzene ring substituents is 1. The molecule has 0 saturated heterocycles. The molecule has 1 atom stereocenters. The summed E-state index contributed by atoms with van der Waals surface area (Å²) < 4.78 is 0. The van der Waals surface area contributed by atoms with Crippen molar-refractivity contribution < 1.29 is 10.0 Å². The van der Waals surface area contributed by atoms with Gasteiger partial charge in [0.1, 0.15) is 5.69 Å². The zero-order chi connectivity index (χ0) is 12.8. The molecule has 1 unspecified atom stereocenters. The molecule has 0 spiro atoms. The summed E-state index contributed by atoms with van der Waals surface area (Å²) in [5.74, 6) is 0.411. The monoisotopic (exact) mass is 237 g/mol. The van der Waals surface area contributed by atoms with Gasteiger partial charge in [-0.2, -0.15) is 0 Å². The van der Waals surface area contributed by atoms with Crippen LogP contribution in [0.15, 0.2) is 18.2 Å². The second kappa shape index (κ2) is 6.20. The predicted octanol–water partition coefficient (Wildman–Crippen LogP) is 2.21. The summed E-state index contributed by atoms with van der Waals surface area (Å²) in [6.07, 6.45) is 0.756.